The summed E-state index contributed by atoms with van der Waals surface area (Å²) < 4.78 is 11.8. The van der Waals surface area contributed by atoms with Gasteiger partial charge in [-0.05, 0) is 25.0 Å². The Balaban J connectivity index is 1.39. The largest absolute Gasteiger partial charge is 0.452 e. The fourth-order valence-electron chi connectivity index (χ4n) is 3.89. The van der Waals surface area contributed by atoms with Crippen LogP contribution in [0.2, 0.25) is 4.34 Å². The lowest BCUT2D eigenvalue weighted by Crippen LogP contribution is -2.55. The fourth-order valence-corrected chi connectivity index (χ4v) is 4.96. The third-order valence-electron chi connectivity index (χ3n) is 5.18. The molecule has 1 amide bonds. The Morgan fingerprint density at radius 3 is 2.96 bits per heavy atom. The maximum atomic E-state index is 12.7. The van der Waals surface area contributed by atoms with Gasteiger partial charge in [-0.1, -0.05) is 24.4 Å². The molecule has 0 aromatic carbocycles. The van der Waals surface area contributed by atoms with Gasteiger partial charge in [-0.15, -0.1) is 11.3 Å². The Kier molecular flexibility index (Phi) is 5.52. The number of morpholine rings is 1. The van der Waals surface area contributed by atoms with Crippen molar-refractivity contribution in [2.45, 2.75) is 37.8 Å². The molecule has 0 radical (unpaired) electrons. The zero-order valence-corrected chi connectivity index (χ0v) is 16.4. The number of ether oxygens (including phenoxy) is 2. The van der Waals surface area contributed by atoms with E-state index < -0.39 is 5.97 Å². The molecule has 2 aliphatic rings. The number of halogens is 1. The van der Waals surface area contributed by atoms with Gasteiger partial charge in [0.05, 0.1) is 28.7 Å². The Morgan fingerprint density at radius 1 is 1.30 bits per heavy atom. The lowest BCUT2D eigenvalue weighted by molar-refractivity contribution is -0.152. The van der Waals surface area contributed by atoms with Gasteiger partial charge in [0.1, 0.15) is 0 Å². The van der Waals surface area contributed by atoms with Crippen LogP contribution in [-0.2, 0) is 14.3 Å². The van der Waals surface area contributed by atoms with Gasteiger partial charge in [0.2, 0.25) is 0 Å². The molecule has 0 spiro atoms. The molecule has 4 rings (SSSR count). The second-order valence-electron chi connectivity index (χ2n) is 6.81. The van der Waals surface area contributed by atoms with Crippen LogP contribution < -0.4 is 0 Å². The highest BCUT2D eigenvalue weighted by Gasteiger charge is 2.36. The molecule has 27 heavy (non-hydrogen) atoms. The first-order valence-electron chi connectivity index (χ1n) is 9.14. The van der Waals surface area contributed by atoms with Gasteiger partial charge >= 0.3 is 5.97 Å². The first-order valence-corrected chi connectivity index (χ1v) is 10.3. The van der Waals surface area contributed by atoms with Gasteiger partial charge in [0.25, 0.3) is 5.91 Å². The summed E-state index contributed by atoms with van der Waals surface area (Å²) in [6.07, 6.45) is 7.62. The molecular weight excluding hydrogens is 388 g/mol. The molecule has 1 aliphatic heterocycles. The number of H-pyrrole nitrogens is 1. The smallest absolute Gasteiger partial charge is 0.340 e. The summed E-state index contributed by atoms with van der Waals surface area (Å²) in [6.45, 7) is 0.848. The van der Waals surface area contributed by atoms with E-state index in [9.17, 15) is 9.59 Å². The summed E-state index contributed by atoms with van der Waals surface area (Å²) in [7, 11) is 0. The highest BCUT2D eigenvalue weighted by molar-refractivity contribution is 7.19. The minimum atomic E-state index is -0.516. The molecule has 2 atom stereocenters. The van der Waals surface area contributed by atoms with Crippen molar-refractivity contribution in [3.8, 4) is 10.4 Å². The van der Waals surface area contributed by atoms with Crippen LogP contribution in [-0.4, -0.2) is 53.7 Å². The summed E-state index contributed by atoms with van der Waals surface area (Å²) >= 11 is 7.37. The minimum Gasteiger partial charge on any atom is -0.452 e. The Hall–Kier alpha value is -1.83. The summed E-state index contributed by atoms with van der Waals surface area (Å²) in [6, 6.07) is 3.75. The molecule has 2 fully saturated rings. The van der Waals surface area contributed by atoms with E-state index in [0.29, 0.717) is 23.1 Å². The standard InChI is InChI=1S/C19H21ClN2O4S/c20-17-6-5-16(27-17)12-9-21-10-13(12)19(24)26-11-18(23)22-7-8-25-15-4-2-1-3-14(15)22/h5-6,9-10,14-15,21H,1-4,7-8,11H2/t14-,15+/m0/s1. The number of rotatable bonds is 4. The number of amides is 1. The molecule has 2 aromatic heterocycles. The van der Waals surface area contributed by atoms with Gasteiger partial charge < -0.3 is 19.4 Å². The van der Waals surface area contributed by atoms with Crippen molar-refractivity contribution in [3.05, 3.63) is 34.4 Å². The molecule has 6 nitrogen and oxygen atoms in total. The summed E-state index contributed by atoms with van der Waals surface area (Å²) in [5, 5.41) is 0. The summed E-state index contributed by atoms with van der Waals surface area (Å²) in [5.74, 6) is -0.669. The van der Waals surface area contributed by atoms with Crippen LogP contribution in [0.15, 0.2) is 24.5 Å². The first kappa shape index (κ1) is 18.5. The van der Waals surface area contributed by atoms with Crippen LogP contribution in [0, 0.1) is 0 Å². The number of aromatic amines is 1. The van der Waals surface area contributed by atoms with Gasteiger partial charge in [-0.3, -0.25) is 4.79 Å². The summed E-state index contributed by atoms with van der Waals surface area (Å²) in [4.78, 5) is 30.8. The maximum Gasteiger partial charge on any atom is 0.340 e. The number of carbonyl (C=O) groups excluding carboxylic acids is 2. The second kappa shape index (κ2) is 8.04. The molecule has 3 heterocycles. The molecule has 2 aromatic rings. The third-order valence-corrected chi connectivity index (χ3v) is 6.45. The van der Waals surface area contributed by atoms with E-state index in [1.54, 1.807) is 18.5 Å². The normalized spacial score (nSPS) is 22.3. The van der Waals surface area contributed by atoms with E-state index in [-0.39, 0.29) is 24.7 Å². The molecule has 144 valence electrons. The highest BCUT2D eigenvalue weighted by Crippen LogP contribution is 2.33. The predicted molar refractivity (Wildman–Crippen MR) is 103 cm³/mol. The molecular formula is C19H21ClN2O4S. The maximum absolute atomic E-state index is 12.7. The minimum absolute atomic E-state index is 0.106. The first-order chi connectivity index (χ1) is 13.1. The number of carbonyl (C=O) groups is 2. The van der Waals surface area contributed by atoms with Gasteiger partial charge in [0.15, 0.2) is 6.61 Å². The zero-order valence-electron chi connectivity index (χ0n) is 14.8. The van der Waals surface area contributed by atoms with Crippen molar-refractivity contribution >= 4 is 34.8 Å². The van der Waals surface area contributed by atoms with Gasteiger partial charge in [-0.25, -0.2) is 4.79 Å². The van der Waals surface area contributed by atoms with Crippen LogP contribution in [0.4, 0.5) is 0 Å². The van der Waals surface area contributed by atoms with Crippen molar-refractivity contribution in [3.63, 3.8) is 0 Å². The fraction of sp³-hybridized carbons (Fsp3) is 0.474. The van der Waals surface area contributed by atoms with E-state index in [1.165, 1.54) is 11.3 Å². The van der Waals surface area contributed by atoms with E-state index >= 15 is 0 Å². The van der Waals surface area contributed by atoms with Crippen molar-refractivity contribution in [1.29, 1.82) is 0 Å². The highest BCUT2D eigenvalue weighted by atomic mass is 35.5. The number of esters is 1. The zero-order chi connectivity index (χ0) is 18.8. The summed E-state index contributed by atoms with van der Waals surface area (Å²) in [5.41, 5.74) is 1.13. The Bertz CT molecular complexity index is 831. The van der Waals surface area contributed by atoms with E-state index in [2.05, 4.69) is 4.98 Å². The van der Waals surface area contributed by atoms with Crippen molar-refractivity contribution in [1.82, 2.24) is 9.88 Å². The lowest BCUT2D eigenvalue weighted by Gasteiger charge is -2.43. The van der Waals surface area contributed by atoms with Crippen LogP contribution in [0.1, 0.15) is 36.0 Å². The topological polar surface area (TPSA) is 71.6 Å². The Morgan fingerprint density at radius 2 is 2.15 bits per heavy atom. The van der Waals surface area contributed by atoms with Crippen LogP contribution in [0.5, 0.6) is 0 Å². The second-order valence-corrected chi connectivity index (χ2v) is 8.53. The molecule has 0 unspecified atom stereocenters. The van der Waals surface area contributed by atoms with E-state index in [1.807, 2.05) is 11.0 Å². The lowest BCUT2D eigenvalue weighted by atomic mass is 9.90. The number of aromatic nitrogens is 1. The molecule has 1 aliphatic carbocycles. The molecule has 1 saturated heterocycles. The quantitative estimate of drug-likeness (QED) is 0.782. The number of hydrogen-bond acceptors (Lipinski definition) is 5. The van der Waals surface area contributed by atoms with Crippen molar-refractivity contribution in [2.24, 2.45) is 0 Å². The molecule has 1 saturated carbocycles. The van der Waals surface area contributed by atoms with Gasteiger partial charge in [0, 0.05) is 29.4 Å². The molecule has 0 bridgehead atoms. The number of nitrogens with one attached hydrogen (secondary N) is 1. The van der Waals surface area contributed by atoms with Crippen molar-refractivity contribution < 1.29 is 19.1 Å². The van der Waals surface area contributed by atoms with Crippen LogP contribution in [0.3, 0.4) is 0 Å². The van der Waals surface area contributed by atoms with Crippen LogP contribution >= 0.6 is 22.9 Å². The number of fused-ring (bicyclic) bond motifs is 1. The third kappa shape index (κ3) is 3.90. The Labute approximate surface area is 166 Å². The molecule has 8 heteroatoms. The van der Waals surface area contributed by atoms with E-state index in [0.717, 1.165) is 36.1 Å². The average molecular weight is 409 g/mol. The number of thiophene rings is 1. The monoisotopic (exact) mass is 408 g/mol. The average Bonchev–Trinajstić information content (AvgIpc) is 3.34. The van der Waals surface area contributed by atoms with Crippen LogP contribution in [0.25, 0.3) is 10.4 Å². The van der Waals surface area contributed by atoms with Crippen molar-refractivity contribution in [2.75, 3.05) is 19.8 Å². The predicted octanol–water partition coefficient (Wildman–Crippen LogP) is 3.72. The molecule has 1 N–H and O–H groups in total. The number of hydrogen-bond donors (Lipinski definition) is 1. The van der Waals surface area contributed by atoms with Gasteiger partial charge in [-0.2, -0.15) is 0 Å². The SMILES string of the molecule is O=C(OCC(=O)N1CCO[C@@H]2CCCC[C@@H]21)c1c[nH]cc1-c1ccc(Cl)s1. The number of nitrogens with zero attached hydrogens (tertiary/aromatic N) is 1. The van der Waals surface area contributed by atoms with E-state index in [4.69, 9.17) is 21.1 Å².